The molecule has 0 radical (unpaired) electrons. The van der Waals surface area contributed by atoms with E-state index >= 15 is 0 Å². The second kappa shape index (κ2) is 21.8. The van der Waals surface area contributed by atoms with E-state index in [1.807, 2.05) is 30.0 Å². The number of ether oxygens (including phenoxy) is 3. The molecule has 0 aliphatic carbocycles. The highest BCUT2D eigenvalue weighted by Crippen LogP contribution is 2.32. The quantitative estimate of drug-likeness (QED) is 0.143. The minimum Gasteiger partial charge on any atom is -0.495 e. The standard InChI is InChI=1S/C41H55N5O7.ClH/c1-29-16-19-35(38(27-29)53-25-11-7-8-15-39(48)46-23-20-32(21-24-46)44(3)4)45(5)41(50)31-17-18-34(37(28-31)51-6)43-40(49)33-13-9-10-14-36(33)52-26-12-22-42-30(2)47;/h9-10,13-14,16-19,27-28,32H,7-8,11-12,15,20-26H2,1-6H3,(H,42,47)(H,43,49);1H. The summed E-state index contributed by atoms with van der Waals surface area (Å²) >= 11 is 0. The van der Waals surface area contributed by atoms with E-state index in [0.29, 0.717) is 78.4 Å². The molecule has 1 fully saturated rings. The van der Waals surface area contributed by atoms with Gasteiger partial charge < -0.3 is 39.5 Å². The summed E-state index contributed by atoms with van der Waals surface area (Å²) in [6.45, 7) is 6.35. The van der Waals surface area contributed by atoms with Crippen molar-refractivity contribution in [1.82, 2.24) is 15.1 Å². The van der Waals surface area contributed by atoms with Crippen molar-refractivity contribution >= 4 is 47.4 Å². The first-order valence-electron chi connectivity index (χ1n) is 18.4. The second-order valence-corrected chi connectivity index (χ2v) is 13.6. The molecule has 4 rings (SSSR count). The molecule has 1 aliphatic rings. The van der Waals surface area contributed by atoms with Crippen molar-refractivity contribution in [3.8, 4) is 17.2 Å². The van der Waals surface area contributed by atoms with Crippen molar-refractivity contribution in [1.29, 1.82) is 0 Å². The van der Waals surface area contributed by atoms with Gasteiger partial charge in [0.1, 0.15) is 17.2 Å². The molecule has 1 heterocycles. The maximum Gasteiger partial charge on any atom is 0.259 e. The normalized spacial score (nSPS) is 12.8. The summed E-state index contributed by atoms with van der Waals surface area (Å²) < 4.78 is 17.6. The van der Waals surface area contributed by atoms with Crippen molar-refractivity contribution in [3.63, 3.8) is 0 Å². The Labute approximate surface area is 325 Å². The SMILES string of the molecule is COc1cc(C(=O)N(C)c2ccc(C)cc2OCCCCCC(=O)N2CCC(N(C)C)CC2)ccc1NC(=O)c1ccccc1OCCCNC(C)=O.Cl. The average molecular weight is 766 g/mol. The number of hydrogen-bond acceptors (Lipinski definition) is 8. The van der Waals surface area contributed by atoms with Crippen molar-refractivity contribution < 1.29 is 33.4 Å². The summed E-state index contributed by atoms with van der Waals surface area (Å²) in [5.74, 6) is 0.792. The van der Waals surface area contributed by atoms with Gasteiger partial charge in [0.05, 0.1) is 37.3 Å². The maximum atomic E-state index is 13.7. The lowest BCUT2D eigenvalue weighted by molar-refractivity contribution is -0.132. The lowest BCUT2D eigenvalue weighted by Crippen LogP contribution is -2.44. The van der Waals surface area contributed by atoms with Crippen molar-refractivity contribution in [2.24, 2.45) is 0 Å². The predicted octanol–water partition coefficient (Wildman–Crippen LogP) is 6.35. The average Bonchev–Trinajstić information content (AvgIpc) is 3.15. The molecule has 0 unspecified atom stereocenters. The Hall–Kier alpha value is -4.81. The topological polar surface area (TPSA) is 130 Å². The van der Waals surface area contributed by atoms with E-state index in [2.05, 4.69) is 29.6 Å². The number of para-hydroxylation sites is 1. The highest BCUT2D eigenvalue weighted by atomic mass is 35.5. The first-order valence-corrected chi connectivity index (χ1v) is 18.4. The number of amides is 4. The van der Waals surface area contributed by atoms with Gasteiger partial charge in [-0.2, -0.15) is 0 Å². The Balaban J connectivity index is 0.00000784. The summed E-state index contributed by atoms with van der Waals surface area (Å²) in [5.41, 5.74) is 2.73. The van der Waals surface area contributed by atoms with E-state index < -0.39 is 5.91 Å². The van der Waals surface area contributed by atoms with Gasteiger partial charge in [0, 0.05) is 51.6 Å². The molecular weight excluding hydrogens is 710 g/mol. The fourth-order valence-corrected chi connectivity index (χ4v) is 6.26. The number of carbonyl (C=O) groups is 4. The molecule has 0 bridgehead atoms. The number of carbonyl (C=O) groups excluding carboxylic acids is 4. The van der Waals surface area contributed by atoms with E-state index in [9.17, 15) is 19.2 Å². The molecule has 0 atom stereocenters. The molecule has 3 aromatic carbocycles. The van der Waals surface area contributed by atoms with Crippen LogP contribution in [0.2, 0.25) is 0 Å². The molecule has 3 aromatic rings. The van der Waals surface area contributed by atoms with Gasteiger partial charge >= 0.3 is 0 Å². The molecule has 2 N–H and O–H groups in total. The molecule has 0 saturated carbocycles. The van der Waals surface area contributed by atoms with Crippen LogP contribution in [-0.2, 0) is 9.59 Å². The summed E-state index contributed by atoms with van der Waals surface area (Å²) in [6.07, 6.45) is 5.66. The summed E-state index contributed by atoms with van der Waals surface area (Å²) in [6, 6.07) is 18.1. The van der Waals surface area contributed by atoms with E-state index in [1.54, 1.807) is 54.4 Å². The third kappa shape index (κ3) is 12.7. The number of methoxy groups -OCH3 is 1. The highest BCUT2D eigenvalue weighted by molar-refractivity contribution is 6.09. The number of benzene rings is 3. The number of likely N-dealkylation sites (tertiary alicyclic amines) is 1. The Morgan fingerprint density at radius 1 is 0.833 bits per heavy atom. The largest absolute Gasteiger partial charge is 0.495 e. The van der Waals surface area contributed by atoms with Crippen LogP contribution in [0.4, 0.5) is 11.4 Å². The Kier molecular flexibility index (Phi) is 17.6. The van der Waals surface area contributed by atoms with Gasteiger partial charge in [-0.25, -0.2) is 0 Å². The van der Waals surface area contributed by atoms with Crippen molar-refractivity contribution in [2.45, 2.75) is 64.8 Å². The Morgan fingerprint density at radius 2 is 1.54 bits per heavy atom. The van der Waals surface area contributed by atoms with Gasteiger partial charge in [0.15, 0.2) is 0 Å². The number of hydrogen-bond donors (Lipinski definition) is 2. The third-order valence-corrected chi connectivity index (χ3v) is 9.40. The third-order valence-electron chi connectivity index (χ3n) is 9.40. The smallest absolute Gasteiger partial charge is 0.259 e. The second-order valence-electron chi connectivity index (χ2n) is 13.6. The van der Waals surface area contributed by atoms with Crippen LogP contribution in [0, 0.1) is 6.92 Å². The van der Waals surface area contributed by atoms with E-state index in [-0.39, 0.29) is 30.1 Å². The van der Waals surface area contributed by atoms with Gasteiger partial charge in [-0.1, -0.05) is 18.2 Å². The van der Waals surface area contributed by atoms with Gasteiger partial charge in [-0.05, 0) is 108 Å². The number of rotatable bonds is 18. The fourth-order valence-electron chi connectivity index (χ4n) is 6.26. The van der Waals surface area contributed by atoms with Crippen LogP contribution in [0.25, 0.3) is 0 Å². The van der Waals surface area contributed by atoms with Crippen LogP contribution >= 0.6 is 12.4 Å². The van der Waals surface area contributed by atoms with Crippen LogP contribution < -0.4 is 29.7 Å². The van der Waals surface area contributed by atoms with Gasteiger partial charge in [0.2, 0.25) is 11.8 Å². The van der Waals surface area contributed by atoms with E-state index in [4.69, 9.17) is 14.2 Å². The Bertz CT molecular complexity index is 1710. The predicted molar refractivity (Wildman–Crippen MR) is 215 cm³/mol. The number of nitrogens with one attached hydrogen (secondary N) is 2. The lowest BCUT2D eigenvalue weighted by Gasteiger charge is -2.35. The Morgan fingerprint density at radius 3 is 2.24 bits per heavy atom. The van der Waals surface area contributed by atoms with E-state index in [1.165, 1.54) is 14.0 Å². The molecule has 294 valence electrons. The number of unbranched alkanes of at least 4 members (excludes halogenated alkanes) is 2. The molecule has 54 heavy (non-hydrogen) atoms. The van der Waals surface area contributed by atoms with Crippen molar-refractivity contribution in [3.05, 3.63) is 77.4 Å². The molecule has 1 saturated heterocycles. The van der Waals surface area contributed by atoms with Gasteiger partial charge in [-0.15, -0.1) is 12.4 Å². The minimum absolute atomic E-state index is 0. The maximum absolute atomic E-state index is 13.7. The van der Waals surface area contributed by atoms with Crippen molar-refractivity contribution in [2.75, 3.05) is 71.3 Å². The van der Waals surface area contributed by atoms with Crippen LogP contribution in [0.3, 0.4) is 0 Å². The molecule has 13 heteroatoms. The molecule has 0 spiro atoms. The van der Waals surface area contributed by atoms with Crippen LogP contribution in [0.5, 0.6) is 17.2 Å². The molecule has 1 aliphatic heterocycles. The first kappa shape index (κ1) is 43.6. The zero-order valence-corrected chi connectivity index (χ0v) is 33.3. The zero-order valence-electron chi connectivity index (χ0n) is 32.4. The molecule has 0 aromatic heterocycles. The zero-order chi connectivity index (χ0) is 38.3. The minimum atomic E-state index is -0.398. The van der Waals surface area contributed by atoms with Crippen LogP contribution in [0.1, 0.15) is 78.1 Å². The number of halogens is 1. The highest BCUT2D eigenvalue weighted by Gasteiger charge is 2.24. The summed E-state index contributed by atoms with van der Waals surface area (Å²) in [5, 5.41) is 5.59. The first-order chi connectivity index (χ1) is 25.5. The molecular formula is C41H56ClN5O7. The summed E-state index contributed by atoms with van der Waals surface area (Å²) in [7, 11) is 7.37. The van der Waals surface area contributed by atoms with Crippen LogP contribution in [-0.4, -0.2) is 101 Å². The van der Waals surface area contributed by atoms with Gasteiger partial charge in [-0.3, -0.25) is 19.2 Å². The van der Waals surface area contributed by atoms with Gasteiger partial charge in [0.25, 0.3) is 11.8 Å². The van der Waals surface area contributed by atoms with Crippen LogP contribution in [0.15, 0.2) is 60.7 Å². The monoisotopic (exact) mass is 765 g/mol. The lowest BCUT2D eigenvalue weighted by atomic mass is 10.0. The van der Waals surface area contributed by atoms with E-state index in [0.717, 1.165) is 50.8 Å². The molecule has 12 nitrogen and oxygen atoms in total. The summed E-state index contributed by atoms with van der Waals surface area (Å²) in [4.78, 5) is 56.7. The number of aryl methyl sites for hydroxylation is 1. The fraction of sp³-hybridized carbons (Fsp3) is 0.463. The number of piperidine rings is 1. The number of anilines is 2. The number of nitrogens with zero attached hydrogens (tertiary/aromatic N) is 3. The molecule has 4 amide bonds.